The van der Waals surface area contributed by atoms with E-state index < -0.39 is 0 Å². The van der Waals surface area contributed by atoms with E-state index >= 15 is 0 Å². The first-order chi connectivity index (χ1) is 7.66. The molecule has 1 fully saturated rings. The van der Waals surface area contributed by atoms with Gasteiger partial charge < -0.3 is 4.74 Å². The molecule has 0 saturated carbocycles. The van der Waals surface area contributed by atoms with Crippen LogP contribution < -0.4 is 0 Å². The Morgan fingerprint density at radius 2 is 1.18 bits per heavy atom. The number of ether oxygens (including phenoxy) is 1. The Morgan fingerprint density at radius 3 is 1.47 bits per heavy atom. The van der Waals surface area contributed by atoms with Gasteiger partial charge in [-0.05, 0) is 47.7 Å². The van der Waals surface area contributed by atoms with Crippen molar-refractivity contribution in [2.24, 2.45) is 10.8 Å². The summed E-state index contributed by atoms with van der Waals surface area (Å²) in [5, 5.41) is 0. The fraction of sp³-hybridized carbons (Fsp3) is 0.875. The molecule has 1 heteroatoms. The molecule has 0 aromatic rings. The molecule has 1 nitrogen and oxygen atoms in total. The van der Waals surface area contributed by atoms with Gasteiger partial charge in [-0.2, -0.15) is 0 Å². The molecule has 0 aliphatic carbocycles. The first-order valence-corrected chi connectivity index (χ1v) is 7.03. The van der Waals surface area contributed by atoms with E-state index in [4.69, 9.17) is 4.74 Å². The minimum atomic E-state index is 0.381. The normalized spacial score (nSPS) is 29.3. The summed E-state index contributed by atoms with van der Waals surface area (Å²) in [5.41, 5.74) is 4.05. The molecule has 2 heterocycles. The van der Waals surface area contributed by atoms with Crippen LogP contribution in [0.5, 0.6) is 0 Å². The summed E-state index contributed by atoms with van der Waals surface area (Å²) in [6, 6.07) is 0. The minimum absolute atomic E-state index is 0.381. The van der Waals surface area contributed by atoms with Gasteiger partial charge in [0, 0.05) is 0 Å². The summed E-state index contributed by atoms with van der Waals surface area (Å²) < 4.78 is 6.12. The lowest BCUT2D eigenvalue weighted by molar-refractivity contribution is 0.106. The van der Waals surface area contributed by atoms with Crippen molar-refractivity contribution in [1.82, 2.24) is 0 Å². The Balaban J connectivity index is 2.22. The molecular formula is C16H28O. The zero-order chi connectivity index (χ0) is 12.8. The van der Waals surface area contributed by atoms with Crippen molar-refractivity contribution in [3.63, 3.8) is 0 Å². The second kappa shape index (κ2) is 4.12. The molecule has 0 radical (unpaired) electrons. The van der Waals surface area contributed by atoms with Gasteiger partial charge in [0.15, 0.2) is 0 Å². The van der Waals surface area contributed by atoms with Crippen molar-refractivity contribution >= 4 is 0 Å². The standard InChI is InChI=1S/C16H28O/c1-15(2,3)9-11-12(10-16(4,5)6)14-8-7-13(11)17-14/h13-14H,7-10H2,1-6H3. The zero-order valence-corrected chi connectivity index (χ0v) is 12.4. The Bertz CT molecular complexity index is 292. The summed E-state index contributed by atoms with van der Waals surface area (Å²) in [4.78, 5) is 0. The molecular weight excluding hydrogens is 208 g/mol. The largest absolute Gasteiger partial charge is 0.366 e. The van der Waals surface area contributed by atoms with Crippen LogP contribution in [-0.2, 0) is 4.74 Å². The van der Waals surface area contributed by atoms with E-state index in [1.54, 1.807) is 11.1 Å². The Hall–Kier alpha value is -0.300. The summed E-state index contributed by atoms with van der Waals surface area (Å²) in [6.45, 7) is 14.0. The molecule has 2 aliphatic heterocycles. The van der Waals surface area contributed by atoms with Gasteiger partial charge in [0.2, 0.25) is 0 Å². The topological polar surface area (TPSA) is 9.23 Å². The fourth-order valence-corrected chi connectivity index (χ4v) is 3.16. The van der Waals surface area contributed by atoms with Crippen LogP contribution >= 0.6 is 0 Å². The van der Waals surface area contributed by atoms with Crippen LogP contribution in [0, 0.1) is 10.8 Å². The average Bonchev–Trinajstić information content (AvgIpc) is 2.63. The van der Waals surface area contributed by atoms with Crippen LogP contribution in [0.2, 0.25) is 0 Å². The maximum atomic E-state index is 6.12. The first-order valence-electron chi connectivity index (χ1n) is 7.03. The Morgan fingerprint density at radius 1 is 0.824 bits per heavy atom. The molecule has 0 aromatic heterocycles. The van der Waals surface area contributed by atoms with E-state index in [2.05, 4.69) is 41.5 Å². The highest BCUT2D eigenvalue weighted by Crippen LogP contribution is 2.47. The lowest BCUT2D eigenvalue weighted by Crippen LogP contribution is -2.18. The SMILES string of the molecule is CC(C)(C)CC1=C(CC(C)(C)C)C2CCC1O2. The monoisotopic (exact) mass is 236 g/mol. The second-order valence-corrected chi connectivity index (χ2v) is 8.22. The Kier molecular flexibility index (Phi) is 3.18. The van der Waals surface area contributed by atoms with Gasteiger partial charge >= 0.3 is 0 Å². The molecule has 2 atom stereocenters. The van der Waals surface area contributed by atoms with Crippen molar-refractivity contribution in [2.75, 3.05) is 0 Å². The maximum absolute atomic E-state index is 6.12. The Labute approximate surface area is 107 Å². The first kappa shape index (κ1) is 13.1. The molecule has 2 unspecified atom stereocenters. The predicted molar refractivity (Wildman–Crippen MR) is 73.1 cm³/mol. The lowest BCUT2D eigenvalue weighted by atomic mass is 9.76. The van der Waals surface area contributed by atoms with E-state index in [0.717, 1.165) is 0 Å². The van der Waals surface area contributed by atoms with Gasteiger partial charge in [-0.3, -0.25) is 0 Å². The summed E-state index contributed by atoms with van der Waals surface area (Å²) >= 11 is 0. The minimum Gasteiger partial charge on any atom is -0.366 e. The van der Waals surface area contributed by atoms with E-state index in [1.807, 2.05) is 0 Å². The molecule has 98 valence electrons. The van der Waals surface area contributed by atoms with E-state index in [-0.39, 0.29) is 0 Å². The number of rotatable bonds is 2. The third-order valence-electron chi connectivity index (χ3n) is 3.65. The fourth-order valence-electron chi connectivity index (χ4n) is 3.16. The third kappa shape index (κ3) is 3.13. The summed E-state index contributed by atoms with van der Waals surface area (Å²) in [6.07, 6.45) is 5.83. The summed E-state index contributed by atoms with van der Waals surface area (Å²) in [7, 11) is 0. The third-order valence-corrected chi connectivity index (χ3v) is 3.65. The lowest BCUT2D eigenvalue weighted by Gasteiger charge is -2.27. The average molecular weight is 236 g/mol. The number of hydrogen-bond donors (Lipinski definition) is 0. The van der Waals surface area contributed by atoms with Crippen LogP contribution in [-0.4, -0.2) is 12.2 Å². The van der Waals surface area contributed by atoms with E-state index in [0.29, 0.717) is 23.0 Å². The van der Waals surface area contributed by atoms with Crippen LogP contribution in [0.1, 0.15) is 67.2 Å². The van der Waals surface area contributed by atoms with Crippen LogP contribution in [0.4, 0.5) is 0 Å². The van der Waals surface area contributed by atoms with Crippen molar-refractivity contribution in [2.45, 2.75) is 79.4 Å². The van der Waals surface area contributed by atoms with Gasteiger partial charge in [-0.25, -0.2) is 0 Å². The maximum Gasteiger partial charge on any atom is 0.0798 e. The smallest absolute Gasteiger partial charge is 0.0798 e. The second-order valence-electron chi connectivity index (χ2n) is 8.22. The highest BCUT2D eigenvalue weighted by Gasteiger charge is 2.41. The highest BCUT2D eigenvalue weighted by molar-refractivity contribution is 5.32. The van der Waals surface area contributed by atoms with Crippen LogP contribution in [0.3, 0.4) is 0 Å². The van der Waals surface area contributed by atoms with Crippen molar-refractivity contribution in [1.29, 1.82) is 0 Å². The summed E-state index contributed by atoms with van der Waals surface area (Å²) in [5.74, 6) is 0. The number of fused-ring (bicyclic) bond motifs is 2. The molecule has 0 N–H and O–H groups in total. The van der Waals surface area contributed by atoms with Crippen LogP contribution in [0.15, 0.2) is 11.1 Å². The molecule has 0 spiro atoms. The van der Waals surface area contributed by atoms with Gasteiger partial charge in [0.05, 0.1) is 12.2 Å². The van der Waals surface area contributed by atoms with Crippen molar-refractivity contribution < 1.29 is 4.74 Å². The van der Waals surface area contributed by atoms with Crippen LogP contribution in [0.25, 0.3) is 0 Å². The van der Waals surface area contributed by atoms with Gasteiger partial charge in [-0.1, -0.05) is 41.5 Å². The predicted octanol–water partition coefficient (Wildman–Crippen LogP) is 4.72. The van der Waals surface area contributed by atoms with E-state index in [1.165, 1.54) is 25.7 Å². The van der Waals surface area contributed by atoms with Gasteiger partial charge in [-0.15, -0.1) is 0 Å². The van der Waals surface area contributed by atoms with Gasteiger partial charge in [0.25, 0.3) is 0 Å². The highest BCUT2D eigenvalue weighted by atomic mass is 16.5. The number of hydrogen-bond acceptors (Lipinski definition) is 1. The molecule has 0 aromatic carbocycles. The molecule has 2 bridgehead atoms. The molecule has 2 rings (SSSR count). The molecule has 17 heavy (non-hydrogen) atoms. The van der Waals surface area contributed by atoms with Crippen molar-refractivity contribution in [3.05, 3.63) is 11.1 Å². The van der Waals surface area contributed by atoms with E-state index in [9.17, 15) is 0 Å². The zero-order valence-electron chi connectivity index (χ0n) is 12.4. The molecule has 2 aliphatic rings. The van der Waals surface area contributed by atoms with Gasteiger partial charge in [0.1, 0.15) is 0 Å². The quantitative estimate of drug-likeness (QED) is 0.631. The molecule has 0 amide bonds. The van der Waals surface area contributed by atoms with Crippen molar-refractivity contribution in [3.8, 4) is 0 Å². The molecule has 1 saturated heterocycles.